The number of ether oxygens (including phenoxy) is 1. The van der Waals surface area contributed by atoms with E-state index in [1.54, 1.807) is 0 Å². The average Bonchev–Trinajstić information content (AvgIpc) is 2.37. The highest BCUT2D eigenvalue weighted by atomic mass is 16.5. The van der Waals surface area contributed by atoms with Gasteiger partial charge in [0.2, 0.25) is 0 Å². The van der Waals surface area contributed by atoms with E-state index in [4.69, 9.17) is 24.5 Å². The van der Waals surface area contributed by atoms with Gasteiger partial charge < -0.3 is 20.1 Å². The first-order chi connectivity index (χ1) is 10.1. The predicted molar refractivity (Wildman–Crippen MR) is 84.7 cm³/mol. The molecule has 0 fully saturated rings. The summed E-state index contributed by atoms with van der Waals surface area (Å²) < 4.78 is 4.69. The van der Waals surface area contributed by atoms with Crippen molar-refractivity contribution in [3.8, 4) is 0 Å². The Balaban J connectivity index is -0.000000133. The smallest absolute Gasteiger partial charge is 0.302 e. The molecule has 1 unspecified atom stereocenters. The van der Waals surface area contributed by atoms with Crippen molar-refractivity contribution in [1.82, 2.24) is 0 Å². The van der Waals surface area contributed by atoms with Crippen LogP contribution in [0.15, 0.2) is 0 Å². The number of aliphatic carboxylic acids is 2. The Labute approximate surface area is 133 Å². The van der Waals surface area contributed by atoms with E-state index in [1.807, 2.05) is 13.8 Å². The van der Waals surface area contributed by atoms with Crippen LogP contribution in [0.1, 0.15) is 67.2 Å². The maximum atomic E-state index is 10.3. The molecule has 134 valence electrons. The first-order valence-corrected chi connectivity index (χ1v) is 7.33. The zero-order valence-electron chi connectivity index (χ0n) is 14.6. The van der Waals surface area contributed by atoms with Gasteiger partial charge in [-0.2, -0.15) is 0 Å². The molecule has 0 aromatic heterocycles. The molecule has 0 radical (unpaired) electrons. The van der Waals surface area contributed by atoms with Crippen molar-refractivity contribution in [1.29, 1.82) is 0 Å². The summed E-state index contributed by atoms with van der Waals surface area (Å²) in [5, 5.41) is 24.1. The lowest BCUT2D eigenvalue weighted by Gasteiger charge is -2.08. The number of carbonyl (C=O) groups is 3. The number of hydrogen-bond acceptors (Lipinski definition) is 5. The Kier molecular flexibility index (Phi) is 31.6. The lowest BCUT2D eigenvalue weighted by molar-refractivity contribution is -0.141. The van der Waals surface area contributed by atoms with Gasteiger partial charge >= 0.3 is 5.97 Å². The van der Waals surface area contributed by atoms with Crippen LogP contribution in [0.5, 0.6) is 0 Å². The van der Waals surface area contributed by atoms with Crippen molar-refractivity contribution in [3.05, 3.63) is 0 Å². The van der Waals surface area contributed by atoms with E-state index in [0.29, 0.717) is 13.0 Å². The van der Waals surface area contributed by atoms with Gasteiger partial charge in [0.1, 0.15) is 0 Å². The molecule has 0 rings (SSSR count). The molecule has 0 aliphatic heterocycles. The van der Waals surface area contributed by atoms with Crippen LogP contribution in [0.2, 0.25) is 0 Å². The van der Waals surface area contributed by atoms with Crippen LogP contribution >= 0.6 is 0 Å². The third kappa shape index (κ3) is 79.1. The van der Waals surface area contributed by atoms with E-state index in [9.17, 15) is 9.90 Å². The van der Waals surface area contributed by atoms with Crippen molar-refractivity contribution in [2.45, 2.75) is 73.3 Å². The largest absolute Gasteiger partial charge is 0.481 e. The summed E-state index contributed by atoms with van der Waals surface area (Å²) in [4.78, 5) is 28.3. The molecule has 7 heteroatoms. The summed E-state index contributed by atoms with van der Waals surface area (Å²) in [5.74, 6) is -1.95. The number of aliphatic hydroxyl groups excluding tert-OH is 1. The van der Waals surface area contributed by atoms with Crippen LogP contribution in [-0.2, 0) is 19.1 Å². The molecule has 0 aliphatic carbocycles. The Bertz CT molecular complexity index is 245. The molecule has 1 atom stereocenters. The highest BCUT2D eigenvalue weighted by Crippen LogP contribution is 2.03. The molecule has 7 nitrogen and oxygen atoms in total. The molecule has 0 heterocycles. The summed E-state index contributed by atoms with van der Waals surface area (Å²) in [5.41, 5.74) is 0. The Morgan fingerprint density at radius 1 is 0.955 bits per heavy atom. The number of aliphatic hydroxyl groups is 1. The quantitative estimate of drug-likeness (QED) is 0.642. The topological polar surface area (TPSA) is 121 Å². The second-order valence-corrected chi connectivity index (χ2v) is 3.96. The van der Waals surface area contributed by atoms with Crippen LogP contribution in [0, 0.1) is 0 Å². The lowest BCUT2D eigenvalue weighted by Crippen LogP contribution is -2.11. The van der Waals surface area contributed by atoms with Crippen molar-refractivity contribution in [2.75, 3.05) is 6.61 Å². The van der Waals surface area contributed by atoms with Gasteiger partial charge in [0, 0.05) is 27.2 Å². The molecule has 0 saturated carbocycles. The molecule has 0 bridgehead atoms. The minimum absolute atomic E-state index is 0.280. The fraction of sp³-hybridized carbons (Fsp3) is 0.800. The fourth-order valence-corrected chi connectivity index (χ4v) is 0.923. The summed E-state index contributed by atoms with van der Waals surface area (Å²) in [6.45, 7) is 9.96. The number of carboxylic acids is 2. The molecule has 22 heavy (non-hydrogen) atoms. The van der Waals surface area contributed by atoms with Crippen LogP contribution < -0.4 is 0 Å². The fourth-order valence-electron chi connectivity index (χ4n) is 0.923. The Morgan fingerprint density at radius 2 is 1.32 bits per heavy atom. The van der Waals surface area contributed by atoms with Gasteiger partial charge in [-0.3, -0.25) is 14.4 Å². The average molecular weight is 324 g/mol. The van der Waals surface area contributed by atoms with Gasteiger partial charge in [0.25, 0.3) is 11.9 Å². The third-order valence-electron chi connectivity index (χ3n) is 1.65. The molecule has 0 aliphatic rings. The first kappa shape index (κ1) is 28.5. The zero-order chi connectivity index (χ0) is 18.6. The SMILES string of the molecule is CC.CC(=O)O.CC(=O)O.CCCCC(O)CCOC(C)=O. The molecule has 0 aromatic carbocycles. The maximum absolute atomic E-state index is 10.3. The number of carboxylic acid groups (broad SMARTS) is 2. The second-order valence-electron chi connectivity index (χ2n) is 3.96. The number of carbonyl (C=O) groups excluding carboxylic acids is 1. The number of esters is 1. The van der Waals surface area contributed by atoms with E-state index >= 15 is 0 Å². The summed E-state index contributed by atoms with van der Waals surface area (Å²) in [6.07, 6.45) is 3.16. The monoisotopic (exact) mass is 324 g/mol. The lowest BCUT2D eigenvalue weighted by atomic mass is 10.1. The van der Waals surface area contributed by atoms with E-state index in [1.165, 1.54) is 6.92 Å². The third-order valence-corrected chi connectivity index (χ3v) is 1.65. The van der Waals surface area contributed by atoms with Crippen LogP contribution in [-0.4, -0.2) is 45.9 Å². The maximum Gasteiger partial charge on any atom is 0.302 e. The van der Waals surface area contributed by atoms with Crippen molar-refractivity contribution < 1.29 is 34.4 Å². The standard InChI is InChI=1S/C9H18O3.2C2H4O2.C2H6/c1-3-4-5-9(11)6-7-12-8(2)10;2*1-2(3)4;1-2/h9,11H,3-7H2,1-2H3;2*1H3,(H,3,4);1-2H3. The van der Waals surface area contributed by atoms with Crippen LogP contribution in [0.3, 0.4) is 0 Å². The number of rotatable bonds is 6. The molecule has 0 aromatic rings. The van der Waals surface area contributed by atoms with E-state index in [0.717, 1.165) is 33.1 Å². The van der Waals surface area contributed by atoms with Crippen molar-refractivity contribution in [2.24, 2.45) is 0 Å². The predicted octanol–water partition coefficient (Wildman–Crippen LogP) is 2.70. The van der Waals surface area contributed by atoms with Crippen molar-refractivity contribution in [3.63, 3.8) is 0 Å². The normalized spacial score (nSPS) is 9.41. The van der Waals surface area contributed by atoms with Gasteiger partial charge in [-0.05, 0) is 6.42 Å². The zero-order valence-corrected chi connectivity index (χ0v) is 14.6. The number of hydrogen-bond donors (Lipinski definition) is 3. The van der Waals surface area contributed by atoms with Gasteiger partial charge in [-0.15, -0.1) is 0 Å². The molecule has 0 saturated heterocycles. The number of unbranched alkanes of at least 4 members (excludes halogenated alkanes) is 1. The minimum Gasteiger partial charge on any atom is -0.481 e. The van der Waals surface area contributed by atoms with Gasteiger partial charge in [0.15, 0.2) is 0 Å². The highest BCUT2D eigenvalue weighted by Gasteiger charge is 2.03. The summed E-state index contributed by atoms with van der Waals surface area (Å²) in [7, 11) is 0. The van der Waals surface area contributed by atoms with Crippen LogP contribution in [0.25, 0.3) is 0 Å². The molecule has 3 N–H and O–H groups in total. The van der Waals surface area contributed by atoms with Crippen LogP contribution in [0.4, 0.5) is 0 Å². The molecular formula is C15H32O7. The molecule has 0 amide bonds. The molecule has 0 spiro atoms. The van der Waals surface area contributed by atoms with Crippen molar-refractivity contribution >= 4 is 17.9 Å². The summed E-state index contributed by atoms with van der Waals surface area (Å²) in [6, 6.07) is 0. The van der Waals surface area contributed by atoms with Gasteiger partial charge in [0.05, 0.1) is 12.7 Å². The Morgan fingerprint density at radius 3 is 1.59 bits per heavy atom. The van der Waals surface area contributed by atoms with E-state index < -0.39 is 11.9 Å². The van der Waals surface area contributed by atoms with E-state index in [-0.39, 0.29) is 12.1 Å². The molecular weight excluding hydrogens is 292 g/mol. The highest BCUT2D eigenvalue weighted by molar-refractivity contribution is 5.65. The van der Waals surface area contributed by atoms with Gasteiger partial charge in [-0.25, -0.2) is 0 Å². The minimum atomic E-state index is -0.833. The van der Waals surface area contributed by atoms with E-state index in [2.05, 4.69) is 6.92 Å². The van der Waals surface area contributed by atoms with Gasteiger partial charge in [-0.1, -0.05) is 33.6 Å². The first-order valence-electron chi connectivity index (χ1n) is 7.33. The summed E-state index contributed by atoms with van der Waals surface area (Å²) >= 11 is 0. The second kappa shape index (κ2) is 24.4. The Hall–Kier alpha value is -1.63.